The van der Waals surface area contributed by atoms with E-state index in [9.17, 15) is 4.79 Å². The molecular weight excluding hydrogens is 164 g/mol. The van der Waals surface area contributed by atoms with E-state index in [4.69, 9.17) is 5.73 Å². The van der Waals surface area contributed by atoms with E-state index in [-0.39, 0.29) is 18.0 Å². The van der Waals surface area contributed by atoms with Gasteiger partial charge in [0.1, 0.15) is 0 Å². The van der Waals surface area contributed by atoms with Crippen molar-refractivity contribution in [3.63, 3.8) is 0 Å². The third-order valence-electron chi connectivity index (χ3n) is 1.36. The fourth-order valence-electron chi connectivity index (χ4n) is 0.784. The lowest BCUT2D eigenvalue weighted by Crippen LogP contribution is -2.17. The molecule has 0 atom stereocenters. The molecule has 0 radical (unpaired) electrons. The van der Waals surface area contributed by atoms with Gasteiger partial charge >= 0.3 is 0 Å². The van der Waals surface area contributed by atoms with Crippen LogP contribution in [0.2, 0.25) is 0 Å². The van der Waals surface area contributed by atoms with Crippen LogP contribution < -0.4 is 11.3 Å². The molecule has 0 spiro atoms. The van der Waals surface area contributed by atoms with Crippen LogP contribution in [0.4, 0.5) is 5.69 Å². The van der Waals surface area contributed by atoms with E-state index >= 15 is 0 Å². The zero-order chi connectivity index (χ0) is 7.56. The summed E-state index contributed by atoms with van der Waals surface area (Å²) in [5, 5.41) is 0. The summed E-state index contributed by atoms with van der Waals surface area (Å²) in [5.74, 6) is 0. The van der Waals surface area contributed by atoms with E-state index in [0.717, 1.165) is 0 Å². The Morgan fingerprint density at radius 3 is 2.73 bits per heavy atom. The first kappa shape index (κ1) is 10.0. The molecule has 0 aliphatic rings. The number of halogens is 1. The van der Waals surface area contributed by atoms with Crippen LogP contribution in [0.15, 0.2) is 23.1 Å². The van der Waals surface area contributed by atoms with E-state index in [1.807, 2.05) is 6.92 Å². The van der Waals surface area contributed by atoms with Crippen LogP contribution in [0, 0.1) is 0 Å². The molecule has 0 bridgehead atoms. The van der Waals surface area contributed by atoms with Gasteiger partial charge in [0, 0.05) is 24.5 Å². The van der Waals surface area contributed by atoms with Crippen molar-refractivity contribution in [2.75, 3.05) is 5.73 Å². The molecule has 0 fully saturated rings. The number of nitrogens with zero attached hydrogens (tertiary/aromatic N) is 1. The molecule has 2 N–H and O–H groups in total. The minimum absolute atomic E-state index is 0. The average molecular weight is 175 g/mol. The molecular formula is C7H11ClN2O. The molecule has 62 valence electrons. The number of anilines is 1. The van der Waals surface area contributed by atoms with E-state index in [1.54, 1.807) is 16.8 Å². The SMILES string of the molecule is CCn1ccc(N)cc1=O.Cl. The van der Waals surface area contributed by atoms with Crippen LogP contribution in [0.25, 0.3) is 0 Å². The molecule has 0 aliphatic carbocycles. The van der Waals surface area contributed by atoms with E-state index in [0.29, 0.717) is 12.2 Å². The number of aromatic nitrogens is 1. The lowest BCUT2D eigenvalue weighted by Gasteiger charge is -1.99. The minimum atomic E-state index is -0.0394. The van der Waals surface area contributed by atoms with Gasteiger partial charge in [0.25, 0.3) is 5.56 Å². The van der Waals surface area contributed by atoms with Crippen molar-refractivity contribution < 1.29 is 0 Å². The summed E-state index contributed by atoms with van der Waals surface area (Å²) < 4.78 is 1.59. The standard InChI is InChI=1S/C7H10N2O.ClH/c1-2-9-4-3-6(8)5-7(9)10;/h3-5H,2,8H2,1H3;1H. The number of hydrogen-bond acceptors (Lipinski definition) is 2. The Bertz CT molecular complexity index is 282. The highest BCUT2D eigenvalue weighted by Gasteiger charge is 1.90. The molecule has 0 aliphatic heterocycles. The molecule has 3 nitrogen and oxygen atoms in total. The van der Waals surface area contributed by atoms with Crippen molar-refractivity contribution >= 4 is 18.1 Å². The van der Waals surface area contributed by atoms with Crippen LogP contribution in [0.1, 0.15) is 6.92 Å². The minimum Gasteiger partial charge on any atom is -0.399 e. The van der Waals surface area contributed by atoms with Gasteiger partial charge in [-0.3, -0.25) is 4.79 Å². The second-order valence-corrected chi connectivity index (χ2v) is 2.08. The van der Waals surface area contributed by atoms with Gasteiger partial charge in [0.05, 0.1) is 0 Å². The topological polar surface area (TPSA) is 48.0 Å². The molecule has 0 aromatic carbocycles. The fraction of sp³-hybridized carbons (Fsp3) is 0.286. The molecule has 1 heterocycles. The maximum Gasteiger partial charge on any atom is 0.252 e. The highest BCUT2D eigenvalue weighted by molar-refractivity contribution is 5.85. The zero-order valence-corrected chi connectivity index (χ0v) is 7.10. The second-order valence-electron chi connectivity index (χ2n) is 2.08. The Balaban J connectivity index is 0.000001000. The first-order valence-corrected chi connectivity index (χ1v) is 3.20. The van der Waals surface area contributed by atoms with Gasteiger partial charge in [-0.15, -0.1) is 12.4 Å². The summed E-state index contributed by atoms with van der Waals surface area (Å²) in [6.07, 6.45) is 1.69. The van der Waals surface area contributed by atoms with E-state index < -0.39 is 0 Å². The Morgan fingerprint density at radius 1 is 1.64 bits per heavy atom. The molecule has 1 aromatic heterocycles. The maximum atomic E-state index is 11.0. The summed E-state index contributed by atoms with van der Waals surface area (Å²) in [5.41, 5.74) is 5.85. The average Bonchev–Trinajstić information content (AvgIpc) is 1.88. The number of hydrogen-bond donors (Lipinski definition) is 1. The van der Waals surface area contributed by atoms with Crippen molar-refractivity contribution in [1.29, 1.82) is 0 Å². The Kier molecular flexibility index (Phi) is 3.68. The van der Waals surface area contributed by atoms with Crippen LogP contribution in [0.5, 0.6) is 0 Å². The number of rotatable bonds is 1. The molecule has 1 rings (SSSR count). The number of nitrogens with two attached hydrogens (primary N) is 1. The zero-order valence-electron chi connectivity index (χ0n) is 6.28. The number of pyridine rings is 1. The lowest BCUT2D eigenvalue weighted by molar-refractivity contribution is 0.728. The van der Waals surface area contributed by atoms with Gasteiger partial charge in [0.2, 0.25) is 0 Å². The largest absolute Gasteiger partial charge is 0.399 e. The Morgan fingerprint density at radius 2 is 2.27 bits per heavy atom. The van der Waals surface area contributed by atoms with Crippen molar-refractivity contribution in [2.24, 2.45) is 0 Å². The normalized spacial score (nSPS) is 8.82. The number of aryl methyl sites for hydroxylation is 1. The molecule has 0 amide bonds. The molecule has 1 aromatic rings. The fourth-order valence-corrected chi connectivity index (χ4v) is 0.784. The van der Waals surface area contributed by atoms with Crippen molar-refractivity contribution in [3.05, 3.63) is 28.7 Å². The highest BCUT2D eigenvalue weighted by Crippen LogP contribution is 1.93. The molecule has 0 saturated carbocycles. The third-order valence-corrected chi connectivity index (χ3v) is 1.36. The second kappa shape index (κ2) is 4.03. The van der Waals surface area contributed by atoms with Gasteiger partial charge < -0.3 is 10.3 Å². The van der Waals surface area contributed by atoms with Gasteiger partial charge in [0.15, 0.2) is 0 Å². The van der Waals surface area contributed by atoms with Gasteiger partial charge in [-0.25, -0.2) is 0 Å². The predicted molar refractivity (Wildman–Crippen MR) is 48.0 cm³/mol. The van der Waals surface area contributed by atoms with Gasteiger partial charge in [-0.1, -0.05) is 0 Å². The molecule has 0 saturated heterocycles. The summed E-state index contributed by atoms with van der Waals surface area (Å²) in [7, 11) is 0. The lowest BCUT2D eigenvalue weighted by atomic mass is 10.4. The highest BCUT2D eigenvalue weighted by atomic mass is 35.5. The third kappa shape index (κ3) is 2.27. The van der Waals surface area contributed by atoms with Crippen molar-refractivity contribution in [3.8, 4) is 0 Å². The smallest absolute Gasteiger partial charge is 0.252 e. The Hall–Kier alpha value is -0.960. The van der Waals surface area contributed by atoms with Crippen molar-refractivity contribution in [2.45, 2.75) is 13.5 Å². The van der Waals surface area contributed by atoms with Crippen LogP contribution >= 0.6 is 12.4 Å². The van der Waals surface area contributed by atoms with Crippen LogP contribution in [-0.4, -0.2) is 4.57 Å². The van der Waals surface area contributed by atoms with Gasteiger partial charge in [-0.2, -0.15) is 0 Å². The van der Waals surface area contributed by atoms with E-state index in [1.165, 1.54) is 6.07 Å². The molecule has 11 heavy (non-hydrogen) atoms. The maximum absolute atomic E-state index is 11.0. The van der Waals surface area contributed by atoms with Crippen LogP contribution in [0.3, 0.4) is 0 Å². The first-order chi connectivity index (χ1) is 4.74. The van der Waals surface area contributed by atoms with Gasteiger partial charge in [-0.05, 0) is 13.0 Å². The monoisotopic (exact) mass is 174 g/mol. The molecule has 4 heteroatoms. The number of nitrogen functional groups attached to an aromatic ring is 1. The summed E-state index contributed by atoms with van der Waals surface area (Å²) in [4.78, 5) is 11.0. The first-order valence-electron chi connectivity index (χ1n) is 3.20. The predicted octanol–water partition coefficient (Wildman–Crippen LogP) is 0.872. The Labute approximate surface area is 71.2 Å². The summed E-state index contributed by atoms with van der Waals surface area (Å²) in [6, 6.07) is 3.13. The summed E-state index contributed by atoms with van der Waals surface area (Å²) >= 11 is 0. The quantitative estimate of drug-likeness (QED) is 0.687. The van der Waals surface area contributed by atoms with E-state index in [2.05, 4.69) is 0 Å². The summed E-state index contributed by atoms with van der Waals surface area (Å²) in [6.45, 7) is 2.61. The van der Waals surface area contributed by atoms with Crippen LogP contribution in [-0.2, 0) is 6.54 Å². The molecule has 0 unspecified atom stereocenters. The van der Waals surface area contributed by atoms with Crippen molar-refractivity contribution in [1.82, 2.24) is 4.57 Å².